The quantitative estimate of drug-likeness (QED) is 0.829. The minimum atomic E-state index is -0.214. The van der Waals surface area contributed by atoms with Gasteiger partial charge in [-0.3, -0.25) is 14.6 Å². The molecule has 2 saturated heterocycles. The van der Waals surface area contributed by atoms with Crippen LogP contribution in [-0.2, 0) is 9.53 Å². The fourth-order valence-electron chi connectivity index (χ4n) is 2.77. The van der Waals surface area contributed by atoms with Gasteiger partial charge < -0.3 is 4.74 Å². The van der Waals surface area contributed by atoms with Gasteiger partial charge in [0.1, 0.15) is 0 Å². The predicted molar refractivity (Wildman–Crippen MR) is 74.5 cm³/mol. The number of hydrogen-bond donors (Lipinski definition) is 0. The highest BCUT2D eigenvalue weighted by Crippen LogP contribution is 2.24. The van der Waals surface area contributed by atoms with Gasteiger partial charge in [0.15, 0.2) is 0 Å². The number of para-hydroxylation sites is 1. The van der Waals surface area contributed by atoms with Crippen molar-refractivity contribution in [3.63, 3.8) is 0 Å². The Morgan fingerprint density at radius 2 is 1.95 bits per heavy atom. The molecule has 0 saturated carbocycles. The second-order valence-corrected chi connectivity index (χ2v) is 5.15. The molecule has 2 fully saturated rings. The molecule has 1 unspecified atom stereocenters. The predicted octanol–water partition coefficient (Wildman–Crippen LogP) is 2.02. The number of ether oxygens (including phenoxy) is 1. The number of nitrogens with zero attached hydrogens (tertiary/aromatic N) is 2. The van der Waals surface area contributed by atoms with Crippen LogP contribution in [0.15, 0.2) is 30.3 Å². The zero-order valence-electron chi connectivity index (χ0n) is 11.3. The molecule has 1 aromatic carbocycles. The Hall–Kier alpha value is -1.88. The summed E-state index contributed by atoms with van der Waals surface area (Å²) in [5.41, 5.74) is 0.844. The van der Waals surface area contributed by atoms with Crippen molar-refractivity contribution in [2.24, 2.45) is 0 Å². The van der Waals surface area contributed by atoms with E-state index in [1.165, 1.54) is 4.90 Å². The molecule has 0 aliphatic carbocycles. The third kappa shape index (κ3) is 2.41. The number of imide groups is 1. The Kier molecular flexibility index (Phi) is 3.69. The molecule has 3 amide bonds. The molecule has 2 heterocycles. The SMILES string of the molecule is O=C1CCCN(c2ccccc2)C(=O)N1C1CCOC1. The Morgan fingerprint density at radius 3 is 2.65 bits per heavy atom. The first-order valence-electron chi connectivity index (χ1n) is 7.04. The first-order chi connectivity index (χ1) is 9.77. The van der Waals surface area contributed by atoms with Gasteiger partial charge in [-0.05, 0) is 25.0 Å². The molecule has 0 aromatic heterocycles. The molecule has 5 heteroatoms. The van der Waals surface area contributed by atoms with Crippen molar-refractivity contribution in [2.75, 3.05) is 24.7 Å². The number of hydrogen-bond acceptors (Lipinski definition) is 3. The van der Waals surface area contributed by atoms with Gasteiger partial charge in [0, 0.05) is 25.3 Å². The Morgan fingerprint density at radius 1 is 1.15 bits per heavy atom. The number of amides is 3. The standard InChI is InChI=1S/C15H18N2O3/c18-14-7-4-9-16(12-5-2-1-3-6-12)15(19)17(14)13-8-10-20-11-13/h1-3,5-6,13H,4,7-11H2. The smallest absolute Gasteiger partial charge is 0.331 e. The molecular weight excluding hydrogens is 256 g/mol. The number of carbonyl (C=O) groups excluding carboxylic acids is 2. The summed E-state index contributed by atoms with van der Waals surface area (Å²) in [5, 5.41) is 0. The van der Waals surface area contributed by atoms with Crippen LogP contribution in [0.3, 0.4) is 0 Å². The Balaban J connectivity index is 1.89. The van der Waals surface area contributed by atoms with Crippen LogP contribution in [0, 0.1) is 0 Å². The largest absolute Gasteiger partial charge is 0.379 e. The van der Waals surface area contributed by atoms with Crippen molar-refractivity contribution in [1.82, 2.24) is 4.90 Å². The lowest BCUT2D eigenvalue weighted by molar-refractivity contribution is -0.129. The van der Waals surface area contributed by atoms with Crippen LogP contribution in [0.4, 0.5) is 10.5 Å². The first kappa shape index (κ1) is 13.1. The molecule has 0 spiro atoms. The van der Waals surface area contributed by atoms with Crippen molar-refractivity contribution in [1.29, 1.82) is 0 Å². The maximum Gasteiger partial charge on any atom is 0.331 e. The lowest BCUT2D eigenvalue weighted by Gasteiger charge is -2.29. The van der Waals surface area contributed by atoms with Gasteiger partial charge >= 0.3 is 6.03 Å². The number of anilines is 1. The monoisotopic (exact) mass is 274 g/mol. The number of rotatable bonds is 2. The third-order valence-corrected chi connectivity index (χ3v) is 3.82. The van der Waals surface area contributed by atoms with Crippen LogP contribution < -0.4 is 4.90 Å². The van der Waals surface area contributed by atoms with Crippen molar-refractivity contribution < 1.29 is 14.3 Å². The molecule has 0 bridgehead atoms. The molecule has 1 atom stereocenters. The van der Waals surface area contributed by atoms with E-state index in [-0.39, 0.29) is 18.0 Å². The molecule has 5 nitrogen and oxygen atoms in total. The maximum atomic E-state index is 12.7. The minimum absolute atomic E-state index is 0.0797. The van der Waals surface area contributed by atoms with Crippen molar-refractivity contribution in [3.8, 4) is 0 Å². The van der Waals surface area contributed by atoms with Crippen LogP contribution in [0.5, 0.6) is 0 Å². The van der Waals surface area contributed by atoms with E-state index in [4.69, 9.17) is 4.74 Å². The number of benzene rings is 1. The van der Waals surface area contributed by atoms with Gasteiger partial charge in [-0.1, -0.05) is 18.2 Å². The molecule has 106 valence electrons. The highest BCUT2D eigenvalue weighted by atomic mass is 16.5. The Bertz CT molecular complexity index is 497. The van der Waals surface area contributed by atoms with E-state index in [0.29, 0.717) is 32.6 Å². The molecule has 0 N–H and O–H groups in total. The van der Waals surface area contributed by atoms with Crippen LogP contribution in [0.25, 0.3) is 0 Å². The molecular formula is C15H18N2O3. The van der Waals surface area contributed by atoms with Crippen LogP contribution in [0.2, 0.25) is 0 Å². The highest BCUT2D eigenvalue weighted by Gasteiger charge is 2.37. The summed E-state index contributed by atoms with van der Waals surface area (Å²) in [6.07, 6.45) is 1.86. The molecule has 3 rings (SSSR count). The van der Waals surface area contributed by atoms with Crippen LogP contribution in [-0.4, -0.2) is 42.6 Å². The normalized spacial score (nSPS) is 24.1. The summed E-state index contributed by atoms with van der Waals surface area (Å²) in [7, 11) is 0. The Labute approximate surface area is 118 Å². The fraction of sp³-hybridized carbons (Fsp3) is 0.467. The lowest BCUT2D eigenvalue weighted by atomic mass is 10.2. The topological polar surface area (TPSA) is 49.9 Å². The van der Waals surface area contributed by atoms with E-state index in [1.807, 2.05) is 30.3 Å². The summed E-state index contributed by atoms with van der Waals surface area (Å²) in [5.74, 6) is -0.0797. The van der Waals surface area contributed by atoms with Crippen LogP contribution >= 0.6 is 0 Å². The zero-order chi connectivity index (χ0) is 13.9. The van der Waals surface area contributed by atoms with Crippen molar-refractivity contribution in [2.45, 2.75) is 25.3 Å². The van der Waals surface area contributed by atoms with E-state index in [2.05, 4.69) is 0 Å². The molecule has 20 heavy (non-hydrogen) atoms. The van der Waals surface area contributed by atoms with Gasteiger partial charge in [0.05, 0.1) is 12.6 Å². The second-order valence-electron chi connectivity index (χ2n) is 5.15. The van der Waals surface area contributed by atoms with E-state index in [9.17, 15) is 9.59 Å². The fourth-order valence-corrected chi connectivity index (χ4v) is 2.77. The lowest BCUT2D eigenvalue weighted by Crippen LogP contribution is -2.49. The number of urea groups is 1. The summed E-state index contributed by atoms with van der Waals surface area (Å²) in [6.45, 7) is 1.66. The summed E-state index contributed by atoms with van der Waals surface area (Å²) in [4.78, 5) is 28.0. The zero-order valence-corrected chi connectivity index (χ0v) is 11.3. The van der Waals surface area contributed by atoms with E-state index >= 15 is 0 Å². The molecule has 0 radical (unpaired) electrons. The minimum Gasteiger partial charge on any atom is -0.379 e. The number of carbonyl (C=O) groups is 2. The highest BCUT2D eigenvalue weighted by molar-refractivity contribution is 6.04. The van der Waals surface area contributed by atoms with Crippen molar-refractivity contribution in [3.05, 3.63) is 30.3 Å². The summed E-state index contributed by atoms with van der Waals surface area (Å²) in [6, 6.07) is 9.19. The van der Waals surface area contributed by atoms with E-state index in [0.717, 1.165) is 12.1 Å². The van der Waals surface area contributed by atoms with Crippen LogP contribution in [0.1, 0.15) is 19.3 Å². The third-order valence-electron chi connectivity index (χ3n) is 3.82. The molecule has 1 aromatic rings. The maximum absolute atomic E-state index is 12.7. The van der Waals surface area contributed by atoms with Crippen molar-refractivity contribution >= 4 is 17.6 Å². The average Bonchev–Trinajstić information content (AvgIpc) is 2.93. The summed E-state index contributed by atoms with van der Waals surface area (Å²) < 4.78 is 5.32. The van der Waals surface area contributed by atoms with Gasteiger partial charge in [0.25, 0.3) is 0 Å². The van der Waals surface area contributed by atoms with E-state index < -0.39 is 0 Å². The summed E-state index contributed by atoms with van der Waals surface area (Å²) >= 11 is 0. The van der Waals surface area contributed by atoms with Gasteiger partial charge in [-0.25, -0.2) is 4.79 Å². The second kappa shape index (κ2) is 5.63. The van der Waals surface area contributed by atoms with E-state index in [1.54, 1.807) is 4.90 Å². The van der Waals surface area contributed by atoms with Gasteiger partial charge in [0.2, 0.25) is 5.91 Å². The average molecular weight is 274 g/mol. The van der Waals surface area contributed by atoms with Gasteiger partial charge in [-0.15, -0.1) is 0 Å². The van der Waals surface area contributed by atoms with Gasteiger partial charge in [-0.2, -0.15) is 0 Å². The first-order valence-corrected chi connectivity index (χ1v) is 7.04. The molecule has 2 aliphatic rings. The molecule has 2 aliphatic heterocycles.